The zero-order valence-corrected chi connectivity index (χ0v) is 34.9. The molecule has 0 saturated heterocycles. The second kappa shape index (κ2) is 13.1. The third-order valence-electron chi connectivity index (χ3n) is 15.9. The van der Waals surface area contributed by atoms with Crippen LogP contribution in [0.4, 0.5) is 17.1 Å². The van der Waals surface area contributed by atoms with Crippen LogP contribution in [0.2, 0.25) is 0 Å². The molecule has 9 aromatic rings. The summed E-state index contributed by atoms with van der Waals surface area (Å²) in [6.07, 6.45) is 7.00. The molecule has 2 heteroatoms. The van der Waals surface area contributed by atoms with Crippen LogP contribution >= 0.6 is 0 Å². The second-order valence-electron chi connectivity index (χ2n) is 19.3. The Hall–Kier alpha value is -6.38. The maximum atomic E-state index is 6.33. The Morgan fingerprint density at radius 1 is 0.459 bits per heavy atom. The third-order valence-corrected chi connectivity index (χ3v) is 15.9. The van der Waals surface area contributed by atoms with Gasteiger partial charge in [0.2, 0.25) is 0 Å². The summed E-state index contributed by atoms with van der Waals surface area (Å²) in [6.45, 7) is 4.97. The fourth-order valence-corrected chi connectivity index (χ4v) is 13.6. The Bertz CT molecular complexity index is 3170. The predicted octanol–water partition coefficient (Wildman–Crippen LogP) is 15.9. The molecule has 0 atom stereocenters. The van der Waals surface area contributed by atoms with Crippen LogP contribution in [0, 0.1) is 23.7 Å². The molecule has 2 nitrogen and oxygen atoms in total. The molecule has 5 aliphatic carbocycles. The lowest BCUT2D eigenvalue weighted by atomic mass is 9.39. The van der Waals surface area contributed by atoms with E-state index in [2.05, 4.69) is 189 Å². The molecule has 14 rings (SSSR count). The number of furan rings is 1. The zero-order chi connectivity index (χ0) is 40.5. The molecule has 0 amide bonds. The molecular weight excluding hydrogens is 739 g/mol. The van der Waals surface area contributed by atoms with Crippen molar-refractivity contribution in [2.75, 3.05) is 4.90 Å². The van der Waals surface area contributed by atoms with Gasteiger partial charge in [0.25, 0.3) is 0 Å². The van der Waals surface area contributed by atoms with Crippen molar-refractivity contribution in [3.8, 4) is 22.3 Å². The molecule has 0 aliphatic heterocycles. The van der Waals surface area contributed by atoms with Gasteiger partial charge in [-0.05, 0) is 148 Å². The number of benzene rings is 8. The molecule has 61 heavy (non-hydrogen) atoms. The summed E-state index contributed by atoms with van der Waals surface area (Å²) in [4.78, 5) is 2.52. The molecule has 1 heterocycles. The average molecular weight is 788 g/mol. The van der Waals surface area contributed by atoms with E-state index >= 15 is 0 Å². The lowest BCUT2D eigenvalue weighted by Crippen LogP contribution is -2.58. The molecule has 296 valence electrons. The zero-order valence-electron chi connectivity index (χ0n) is 34.9. The molecular formula is C59H49NO. The number of nitrogens with zero attached hydrogens (tertiary/aromatic N) is 1. The highest BCUT2D eigenvalue weighted by Crippen LogP contribution is 2.69. The first kappa shape index (κ1) is 35.4. The van der Waals surface area contributed by atoms with E-state index in [-0.39, 0.29) is 10.8 Å². The summed E-state index contributed by atoms with van der Waals surface area (Å²) >= 11 is 0. The smallest absolute Gasteiger partial charge is 0.136 e. The Balaban J connectivity index is 0.978. The van der Waals surface area contributed by atoms with Gasteiger partial charge >= 0.3 is 0 Å². The Kier molecular flexibility index (Phi) is 7.58. The molecule has 5 aliphatic rings. The average Bonchev–Trinajstić information content (AvgIpc) is 3.69. The van der Waals surface area contributed by atoms with Gasteiger partial charge in [-0.15, -0.1) is 0 Å². The topological polar surface area (TPSA) is 16.4 Å². The summed E-state index contributed by atoms with van der Waals surface area (Å²) in [5.41, 5.74) is 16.4. The van der Waals surface area contributed by atoms with Crippen LogP contribution in [0.3, 0.4) is 0 Å². The van der Waals surface area contributed by atoms with Crippen molar-refractivity contribution in [1.29, 1.82) is 0 Å². The van der Waals surface area contributed by atoms with E-state index in [1.165, 1.54) is 87.6 Å². The maximum absolute atomic E-state index is 6.33. The summed E-state index contributed by atoms with van der Waals surface area (Å²) in [5, 5.41) is 4.81. The molecule has 4 fully saturated rings. The van der Waals surface area contributed by atoms with Crippen molar-refractivity contribution >= 4 is 49.8 Å². The van der Waals surface area contributed by atoms with Gasteiger partial charge in [-0.1, -0.05) is 147 Å². The highest BCUT2D eigenvalue weighted by Gasteiger charge is 2.62. The highest BCUT2D eigenvalue weighted by atomic mass is 16.3. The van der Waals surface area contributed by atoms with Crippen LogP contribution in [0.25, 0.3) is 55.0 Å². The normalized spacial score (nSPS) is 23.1. The van der Waals surface area contributed by atoms with Gasteiger partial charge in [0.15, 0.2) is 0 Å². The SMILES string of the molecule is CC1(C)c2ccccc2C2(c3ccc(N(c4ccc(-c5ccccc5-c5cccc6oc7ccccc7c56)cc4)c4cccc5ccccc45)cc31)C1CC3CC(C1)CC2C3. The van der Waals surface area contributed by atoms with Gasteiger partial charge in [-0.25, -0.2) is 0 Å². The van der Waals surface area contributed by atoms with Crippen LogP contribution in [0.15, 0.2) is 180 Å². The maximum Gasteiger partial charge on any atom is 0.136 e. The lowest BCUT2D eigenvalue weighted by molar-refractivity contribution is -0.0443. The van der Waals surface area contributed by atoms with Crippen LogP contribution in [-0.2, 0) is 10.8 Å². The van der Waals surface area contributed by atoms with Gasteiger partial charge in [-0.3, -0.25) is 0 Å². The summed E-state index contributed by atoms with van der Waals surface area (Å²) in [7, 11) is 0. The second-order valence-corrected chi connectivity index (χ2v) is 19.3. The van der Waals surface area contributed by atoms with Crippen molar-refractivity contribution in [1.82, 2.24) is 0 Å². The molecule has 1 spiro atoms. The van der Waals surface area contributed by atoms with Crippen molar-refractivity contribution in [2.24, 2.45) is 23.7 Å². The van der Waals surface area contributed by atoms with Crippen molar-refractivity contribution in [3.63, 3.8) is 0 Å². The Morgan fingerprint density at radius 2 is 1.05 bits per heavy atom. The molecule has 4 saturated carbocycles. The van der Waals surface area contributed by atoms with Gasteiger partial charge in [0.1, 0.15) is 11.2 Å². The third kappa shape index (κ3) is 5.03. The minimum Gasteiger partial charge on any atom is -0.456 e. The number of fused-ring (bicyclic) bond motifs is 6. The fourth-order valence-electron chi connectivity index (χ4n) is 13.6. The first-order chi connectivity index (χ1) is 30.0. The van der Waals surface area contributed by atoms with Gasteiger partial charge < -0.3 is 9.32 Å². The fraction of sp³-hybridized carbons (Fsp3) is 0.220. The Morgan fingerprint density at radius 3 is 1.85 bits per heavy atom. The standard InChI is InChI=1S/C59H49NO/c1-58(2)50-20-8-9-21-51(50)59(41-32-37-31-38(34-41)35-42(59)33-37)52-30-29-44(36-53(52)58)60(54-22-11-14-39-13-3-4-16-46(39)54)43-27-25-40(26-28-43)45-15-5-6-17-47(45)48-19-12-24-56-57(48)49-18-7-10-23-55(49)61-56/h3-30,36-38,41-42H,31-35H2,1-2H3. The van der Waals surface area contributed by atoms with Crippen LogP contribution in [0.5, 0.6) is 0 Å². The van der Waals surface area contributed by atoms with E-state index in [0.717, 1.165) is 51.3 Å². The van der Waals surface area contributed by atoms with Crippen molar-refractivity contribution < 1.29 is 4.42 Å². The van der Waals surface area contributed by atoms with Gasteiger partial charge in [-0.2, -0.15) is 0 Å². The largest absolute Gasteiger partial charge is 0.456 e. The monoisotopic (exact) mass is 787 g/mol. The van der Waals surface area contributed by atoms with E-state index in [0.29, 0.717) is 0 Å². The molecule has 4 bridgehead atoms. The number of para-hydroxylation sites is 1. The summed E-state index contributed by atoms with van der Waals surface area (Å²) in [5.74, 6) is 3.26. The summed E-state index contributed by atoms with van der Waals surface area (Å²) < 4.78 is 6.33. The minimum atomic E-state index is -0.136. The van der Waals surface area contributed by atoms with Crippen LogP contribution in [-0.4, -0.2) is 0 Å². The van der Waals surface area contributed by atoms with Crippen molar-refractivity contribution in [3.05, 3.63) is 198 Å². The quantitative estimate of drug-likeness (QED) is 0.173. The minimum absolute atomic E-state index is 0.0970. The van der Waals surface area contributed by atoms with E-state index < -0.39 is 0 Å². The van der Waals surface area contributed by atoms with Crippen LogP contribution in [0.1, 0.15) is 68.2 Å². The lowest BCUT2D eigenvalue weighted by Gasteiger charge is -2.64. The molecule has 0 N–H and O–H groups in total. The van der Waals surface area contributed by atoms with Crippen LogP contribution < -0.4 is 4.90 Å². The first-order valence-corrected chi connectivity index (χ1v) is 22.6. The van der Waals surface area contributed by atoms with E-state index in [1.54, 1.807) is 11.1 Å². The predicted molar refractivity (Wildman–Crippen MR) is 253 cm³/mol. The number of rotatable bonds is 5. The highest BCUT2D eigenvalue weighted by molar-refractivity contribution is 6.13. The van der Waals surface area contributed by atoms with E-state index in [1.807, 2.05) is 6.07 Å². The number of hydrogen-bond acceptors (Lipinski definition) is 2. The Labute approximate surface area is 358 Å². The molecule has 0 unspecified atom stereocenters. The van der Waals surface area contributed by atoms with E-state index in [9.17, 15) is 0 Å². The van der Waals surface area contributed by atoms with Gasteiger partial charge in [0, 0.05) is 38.4 Å². The first-order valence-electron chi connectivity index (χ1n) is 22.6. The van der Waals surface area contributed by atoms with Crippen molar-refractivity contribution in [2.45, 2.75) is 56.8 Å². The van der Waals surface area contributed by atoms with Gasteiger partial charge in [0.05, 0.1) is 5.69 Å². The molecule has 8 aromatic carbocycles. The summed E-state index contributed by atoms with van der Waals surface area (Å²) in [6, 6.07) is 65.8. The number of anilines is 3. The number of hydrogen-bond donors (Lipinski definition) is 0. The molecule has 1 aromatic heterocycles. The molecule has 0 radical (unpaired) electrons. The van der Waals surface area contributed by atoms with E-state index in [4.69, 9.17) is 4.42 Å².